The molecule has 1 amide bonds. The summed E-state index contributed by atoms with van der Waals surface area (Å²) in [5.41, 5.74) is 2.22. The van der Waals surface area contributed by atoms with E-state index in [-0.39, 0.29) is 12.5 Å². The van der Waals surface area contributed by atoms with Crippen LogP contribution in [-0.2, 0) is 17.9 Å². The second-order valence-electron chi connectivity index (χ2n) is 6.04. The Balaban J connectivity index is 1.82. The van der Waals surface area contributed by atoms with Crippen LogP contribution in [0.15, 0.2) is 24.3 Å². The molecular formula is C18H28N2O2. The molecule has 1 aliphatic heterocycles. The van der Waals surface area contributed by atoms with Crippen molar-refractivity contribution in [1.29, 1.82) is 0 Å². The SMILES string of the molecule is CCN(CC)C(=O)C1CCN(Cc2ccc(CO)cc2)CC1. The lowest BCUT2D eigenvalue weighted by molar-refractivity contribution is -0.136. The summed E-state index contributed by atoms with van der Waals surface area (Å²) in [7, 11) is 0. The van der Waals surface area contributed by atoms with Gasteiger partial charge < -0.3 is 10.0 Å². The molecule has 1 aromatic rings. The van der Waals surface area contributed by atoms with Crippen molar-refractivity contribution in [3.8, 4) is 0 Å². The Morgan fingerprint density at radius 2 is 1.68 bits per heavy atom. The molecule has 0 aromatic heterocycles. The highest BCUT2D eigenvalue weighted by atomic mass is 16.3. The Morgan fingerprint density at radius 1 is 1.14 bits per heavy atom. The Morgan fingerprint density at radius 3 is 2.18 bits per heavy atom. The first-order valence-corrected chi connectivity index (χ1v) is 8.37. The van der Waals surface area contributed by atoms with Gasteiger partial charge in [-0.1, -0.05) is 24.3 Å². The molecule has 0 bridgehead atoms. The fourth-order valence-corrected chi connectivity index (χ4v) is 3.14. The van der Waals surface area contributed by atoms with Gasteiger partial charge in [0.25, 0.3) is 0 Å². The van der Waals surface area contributed by atoms with Gasteiger partial charge in [-0.05, 0) is 50.9 Å². The number of aliphatic hydroxyl groups is 1. The average molecular weight is 304 g/mol. The summed E-state index contributed by atoms with van der Waals surface area (Å²) in [6.45, 7) is 8.72. The van der Waals surface area contributed by atoms with Gasteiger partial charge in [-0.15, -0.1) is 0 Å². The van der Waals surface area contributed by atoms with Crippen molar-refractivity contribution < 1.29 is 9.90 Å². The molecule has 1 fully saturated rings. The number of nitrogens with zero attached hydrogens (tertiary/aromatic N) is 2. The predicted octanol–water partition coefficient (Wildman–Crippen LogP) is 2.26. The zero-order chi connectivity index (χ0) is 15.9. The number of piperidine rings is 1. The molecule has 0 radical (unpaired) electrons. The van der Waals surface area contributed by atoms with Crippen LogP contribution in [0.4, 0.5) is 0 Å². The maximum Gasteiger partial charge on any atom is 0.225 e. The van der Waals surface area contributed by atoms with Crippen LogP contribution in [0.1, 0.15) is 37.8 Å². The number of aliphatic hydroxyl groups excluding tert-OH is 1. The normalized spacial score (nSPS) is 16.7. The summed E-state index contributed by atoms with van der Waals surface area (Å²) in [4.78, 5) is 16.7. The van der Waals surface area contributed by atoms with Crippen molar-refractivity contribution in [3.63, 3.8) is 0 Å². The smallest absolute Gasteiger partial charge is 0.225 e. The van der Waals surface area contributed by atoms with Crippen molar-refractivity contribution >= 4 is 5.91 Å². The number of carbonyl (C=O) groups is 1. The highest BCUT2D eigenvalue weighted by Crippen LogP contribution is 2.21. The molecule has 122 valence electrons. The van der Waals surface area contributed by atoms with E-state index in [2.05, 4.69) is 17.0 Å². The molecule has 1 heterocycles. The molecule has 22 heavy (non-hydrogen) atoms. The third-order valence-electron chi connectivity index (χ3n) is 4.62. The summed E-state index contributed by atoms with van der Waals surface area (Å²) in [5, 5.41) is 9.07. The van der Waals surface area contributed by atoms with Crippen molar-refractivity contribution in [1.82, 2.24) is 9.80 Å². The lowest BCUT2D eigenvalue weighted by Crippen LogP contribution is -2.42. The van der Waals surface area contributed by atoms with Gasteiger partial charge in [0, 0.05) is 25.6 Å². The summed E-state index contributed by atoms with van der Waals surface area (Å²) < 4.78 is 0. The fraction of sp³-hybridized carbons (Fsp3) is 0.611. The molecule has 0 spiro atoms. The van der Waals surface area contributed by atoms with E-state index in [4.69, 9.17) is 5.11 Å². The number of amides is 1. The molecule has 1 aromatic carbocycles. The maximum atomic E-state index is 12.4. The fourth-order valence-electron chi connectivity index (χ4n) is 3.14. The highest BCUT2D eigenvalue weighted by Gasteiger charge is 2.27. The molecule has 4 heteroatoms. The van der Waals surface area contributed by atoms with Crippen LogP contribution in [0.2, 0.25) is 0 Å². The number of rotatable bonds is 6. The van der Waals surface area contributed by atoms with Gasteiger partial charge >= 0.3 is 0 Å². The van der Waals surface area contributed by atoms with Gasteiger partial charge in [-0.25, -0.2) is 0 Å². The minimum atomic E-state index is 0.0964. The number of likely N-dealkylation sites (tertiary alicyclic amines) is 1. The minimum absolute atomic E-state index is 0.0964. The largest absolute Gasteiger partial charge is 0.392 e. The number of hydrogen-bond acceptors (Lipinski definition) is 3. The minimum Gasteiger partial charge on any atom is -0.392 e. The van der Waals surface area contributed by atoms with Gasteiger partial charge in [-0.2, -0.15) is 0 Å². The summed E-state index contributed by atoms with van der Waals surface area (Å²) in [5.74, 6) is 0.532. The van der Waals surface area contributed by atoms with Crippen molar-refractivity contribution in [2.24, 2.45) is 5.92 Å². The first-order valence-electron chi connectivity index (χ1n) is 8.37. The number of hydrogen-bond donors (Lipinski definition) is 1. The third kappa shape index (κ3) is 4.31. The topological polar surface area (TPSA) is 43.8 Å². The molecule has 0 unspecified atom stereocenters. The lowest BCUT2D eigenvalue weighted by atomic mass is 9.95. The zero-order valence-corrected chi connectivity index (χ0v) is 13.8. The van der Waals surface area contributed by atoms with Gasteiger partial charge in [0.05, 0.1) is 6.61 Å². The van der Waals surface area contributed by atoms with Crippen LogP contribution in [-0.4, -0.2) is 47.0 Å². The van der Waals surface area contributed by atoms with E-state index < -0.39 is 0 Å². The van der Waals surface area contributed by atoms with E-state index >= 15 is 0 Å². The first-order chi connectivity index (χ1) is 10.7. The zero-order valence-electron chi connectivity index (χ0n) is 13.8. The van der Waals surface area contributed by atoms with Crippen molar-refractivity contribution in [2.45, 2.75) is 39.8 Å². The summed E-state index contributed by atoms with van der Waals surface area (Å²) in [6.07, 6.45) is 1.92. The molecule has 0 atom stereocenters. The monoisotopic (exact) mass is 304 g/mol. The van der Waals surface area contributed by atoms with Crippen LogP contribution < -0.4 is 0 Å². The molecule has 1 aliphatic rings. The highest BCUT2D eigenvalue weighted by molar-refractivity contribution is 5.78. The molecule has 0 saturated carbocycles. The number of benzene rings is 1. The molecule has 2 rings (SSSR count). The Hall–Kier alpha value is -1.39. The van der Waals surface area contributed by atoms with E-state index in [9.17, 15) is 4.79 Å². The molecule has 1 N–H and O–H groups in total. The molecule has 4 nitrogen and oxygen atoms in total. The van der Waals surface area contributed by atoms with E-state index in [0.717, 1.165) is 51.1 Å². The van der Waals surface area contributed by atoms with Gasteiger partial charge in [0.1, 0.15) is 0 Å². The second-order valence-corrected chi connectivity index (χ2v) is 6.04. The number of carbonyl (C=O) groups excluding carboxylic acids is 1. The van der Waals surface area contributed by atoms with Crippen LogP contribution >= 0.6 is 0 Å². The quantitative estimate of drug-likeness (QED) is 0.877. The Kier molecular flexibility index (Phi) is 6.40. The lowest BCUT2D eigenvalue weighted by Gasteiger charge is -2.33. The van der Waals surface area contributed by atoms with Crippen LogP contribution in [0.25, 0.3) is 0 Å². The Bertz CT molecular complexity index is 460. The molecular weight excluding hydrogens is 276 g/mol. The van der Waals surface area contributed by atoms with Crippen LogP contribution in [0, 0.1) is 5.92 Å². The van der Waals surface area contributed by atoms with E-state index in [1.165, 1.54) is 5.56 Å². The maximum absolute atomic E-state index is 12.4. The van der Waals surface area contributed by atoms with Crippen LogP contribution in [0.5, 0.6) is 0 Å². The van der Waals surface area contributed by atoms with Crippen LogP contribution in [0.3, 0.4) is 0 Å². The van der Waals surface area contributed by atoms with E-state index in [1.807, 2.05) is 30.9 Å². The average Bonchev–Trinajstić information content (AvgIpc) is 2.57. The van der Waals surface area contributed by atoms with E-state index in [1.54, 1.807) is 0 Å². The molecule has 1 saturated heterocycles. The summed E-state index contributed by atoms with van der Waals surface area (Å²) >= 11 is 0. The van der Waals surface area contributed by atoms with E-state index in [0.29, 0.717) is 5.91 Å². The standard InChI is InChI=1S/C18H28N2O2/c1-3-20(4-2)18(22)17-9-11-19(12-10-17)13-15-5-7-16(14-21)8-6-15/h5-8,17,21H,3-4,9-14H2,1-2H3. The van der Waals surface area contributed by atoms with Gasteiger partial charge in [0.2, 0.25) is 5.91 Å². The van der Waals surface area contributed by atoms with Gasteiger partial charge in [0.15, 0.2) is 0 Å². The van der Waals surface area contributed by atoms with Gasteiger partial charge in [-0.3, -0.25) is 9.69 Å². The second kappa shape index (κ2) is 8.30. The summed E-state index contributed by atoms with van der Waals surface area (Å²) in [6, 6.07) is 8.12. The van der Waals surface area contributed by atoms with Crippen molar-refractivity contribution in [2.75, 3.05) is 26.2 Å². The predicted molar refractivity (Wildman–Crippen MR) is 88.3 cm³/mol. The molecule has 0 aliphatic carbocycles. The van der Waals surface area contributed by atoms with Crippen molar-refractivity contribution in [3.05, 3.63) is 35.4 Å². The Labute approximate surface area is 133 Å². The first kappa shape index (κ1) is 17.0. The third-order valence-corrected chi connectivity index (χ3v) is 4.62.